The van der Waals surface area contributed by atoms with E-state index in [1.54, 1.807) is 25.1 Å². The van der Waals surface area contributed by atoms with Gasteiger partial charge in [-0.1, -0.05) is 35.4 Å². The molecule has 6 unspecified atom stereocenters. The lowest BCUT2D eigenvalue weighted by Gasteiger charge is -2.50. The van der Waals surface area contributed by atoms with Gasteiger partial charge in [-0.3, -0.25) is 19.2 Å². The van der Waals surface area contributed by atoms with Crippen LogP contribution in [-0.4, -0.2) is 38.5 Å². The zero-order valence-electron chi connectivity index (χ0n) is 23.4. The van der Waals surface area contributed by atoms with Crippen LogP contribution in [0, 0.1) is 36.3 Å². The van der Waals surface area contributed by atoms with Crippen molar-refractivity contribution in [2.24, 2.45) is 17.8 Å². The van der Waals surface area contributed by atoms with Gasteiger partial charge in [-0.25, -0.2) is 18.6 Å². The summed E-state index contributed by atoms with van der Waals surface area (Å²) < 4.78 is 28.6. The summed E-state index contributed by atoms with van der Waals surface area (Å²) in [6.07, 6.45) is 1.54. The summed E-state index contributed by atoms with van der Waals surface area (Å²) in [7, 11) is 0. The Bertz CT molecular complexity index is 1880. The summed E-state index contributed by atoms with van der Waals surface area (Å²) in [5.74, 6) is -8.84. The van der Waals surface area contributed by atoms with E-state index in [1.807, 2.05) is 0 Å². The molecule has 45 heavy (non-hydrogen) atoms. The number of allylic oxidation sites excluding steroid dienone is 2. The molecule has 7 nitrogen and oxygen atoms in total. The van der Waals surface area contributed by atoms with Crippen LogP contribution in [0.4, 0.5) is 20.2 Å². The van der Waals surface area contributed by atoms with E-state index >= 15 is 0 Å². The maximum Gasteiger partial charge on any atom is 0.258 e. The molecule has 7 rings (SSSR count). The lowest BCUT2D eigenvalue weighted by Crippen LogP contribution is -2.60. The van der Waals surface area contributed by atoms with Gasteiger partial charge >= 0.3 is 0 Å². The Labute approximate surface area is 271 Å². The van der Waals surface area contributed by atoms with Crippen LogP contribution in [0.2, 0.25) is 5.02 Å². The molecule has 0 aromatic heterocycles. The minimum atomic E-state index is -2.21. The molecular weight excluding hydrogens is 649 g/mol. The Hall–Kier alpha value is -3.79. The van der Waals surface area contributed by atoms with Crippen molar-refractivity contribution >= 4 is 69.8 Å². The molecule has 0 spiro atoms. The van der Waals surface area contributed by atoms with E-state index in [1.165, 1.54) is 24.3 Å². The van der Waals surface area contributed by atoms with E-state index in [2.05, 4.69) is 0 Å². The van der Waals surface area contributed by atoms with Crippen LogP contribution in [0.25, 0.3) is 0 Å². The van der Waals surface area contributed by atoms with Crippen LogP contribution in [0.1, 0.15) is 29.9 Å². The number of hydrogen-bond donors (Lipinski definition) is 1. The average Bonchev–Trinajstić information content (AvgIpc) is 3.34. The average molecular weight is 672 g/mol. The van der Waals surface area contributed by atoms with E-state index in [0.29, 0.717) is 16.3 Å². The third kappa shape index (κ3) is 4.00. The molecule has 6 atom stereocenters. The number of aryl methyl sites for hydroxylation is 1. The van der Waals surface area contributed by atoms with Crippen LogP contribution in [-0.2, 0) is 19.2 Å². The molecule has 1 saturated carbocycles. The number of imide groups is 2. The highest BCUT2D eigenvalue weighted by atomic mass is 35.5. The Balaban J connectivity index is 1.39. The predicted octanol–water partition coefficient (Wildman–Crippen LogP) is 6.40. The van der Waals surface area contributed by atoms with Gasteiger partial charge < -0.3 is 5.11 Å². The van der Waals surface area contributed by atoms with Gasteiger partial charge in [0, 0.05) is 10.9 Å². The van der Waals surface area contributed by atoms with Crippen molar-refractivity contribution in [1.29, 1.82) is 0 Å². The summed E-state index contributed by atoms with van der Waals surface area (Å²) in [6.45, 7) is 1.79. The molecule has 2 aliphatic heterocycles. The van der Waals surface area contributed by atoms with Gasteiger partial charge in [0.15, 0.2) is 21.3 Å². The third-order valence-electron chi connectivity index (χ3n) is 9.61. The minimum Gasteiger partial charge on any atom is -0.505 e. The van der Waals surface area contributed by atoms with Crippen LogP contribution < -0.4 is 9.80 Å². The molecule has 2 saturated heterocycles. The fourth-order valence-corrected chi connectivity index (χ4v) is 8.56. The van der Waals surface area contributed by atoms with Gasteiger partial charge in [0.2, 0.25) is 11.8 Å². The molecule has 12 heteroatoms. The fourth-order valence-electron chi connectivity index (χ4n) is 7.45. The quantitative estimate of drug-likeness (QED) is 0.198. The second-order valence-electron chi connectivity index (χ2n) is 11.9. The Morgan fingerprint density at radius 2 is 1.53 bits per heavy atom. The number of phenolic OH excluding ortho intramolecular Hbond substituents is 1. The van der Waals surface area contributed by atoms with E-state index in [-0.39, 0.29) is 24.1 Å². The summed E-state index contributed by atoms with van der Waals surface area (Å²) >= 11 is 20.8. The van der Waals surface area contributed by atoms with Crippen molar-refractivity contribution in [2.45, 2.75) is 35.4 Å². The normalized spacial score (nSPS) is 30.8. The number of fused-ring (bicyclic) bond motifs is 4. The van der Waals surface area contributed by atoms with Crippen molar-refractivity contribution in [3.8, 4) is 5.75 Å². The predicted molar refractivity (Wildman–Crippen MR) is 163 cm³/mol. The van der Waals surface area contributed by atoms with E-state index in [0.717, 1.165) is 39.6 Å². The first-order valence-corrected chi connectivity index (χ1v) is 15.3. The first kappa shape index (κ1) is 29.9. The topological polar surface area (TPSA) is 95.0 Å². The second kappa shape index (κ2) is 10.1. The SMILES string of the molecule is Cc1ccc(N2C(=O)C3CC=C4C(CC5(Cl)C(=O)N(c6ccc(F)cc6)C(=O)C5(Cl)C4c4ccc(O)c(F)c4)C3C2=O)cc1Cl. The zero-order valence-corrected chi connectivity index (χ0v) is 25.7. The number of carbonyl (C=O) groups excluding carboxylic acids is 4. The third-order valence-corrected chi connectivity index (χ3v) is 11.4. The van der Waals surface area contributed by atoms with Gasteiger partial charge in [0.1, 0.15) is 5.82 Å². The minimum absolute atomic E-state index is 0.0286. The Morgan fingerprint density at radius 3 is 2.20 bits per heavy atom. The summed E-state index contributed by atoms with van der Waals surface area (Å²) in [6, 6.07) is 13.0. The van der Waals surface area contributed by atoms with Crippen LogP contribution >= 0.6 is 34.8 Å². The molecule has 3 fully saturated rings. The van der Waals surface area contributed by atoms with Gasteiger partial charge in [-0.15, -0.1) is 23.2 Å². The number of aromatic hydroxyl groups is 1. The Morgan fingerprint density at radius 1 is 0.844 bits per heavy atom. The highest BCUT2D eigenvalue weighted by Crippen LogP contribution is 2.66. The van der Waals surface area contributed by atoms with E-state index in [9.17, 15) is 33.1 Å². The molecule has 4 aliphatic rings. The first-order chi connectivity index (χ1) is 21.3. The van der Waals surface area contributed by atoms with Crippen LogP contribution in [0.15, 0.2) is 72.3 Å². The summed E-state index contributed by atoms with van der Waals surface area (Å²) in [5, 5.41) is 10.3. The Kier molecular flexibility index (Phi) is 6.71. The molecule has 0 bridgehead atoms. The number of amides is 4. The van der Waals surface area contributed by atoms with Crippen molar-refractivity contribution in [3.05, 3.63) is 100 Å². The monoisotopic (exact) mass is 670 g/mol. The fraction of sp³-hybridized carbons (Fsp3) is 0.273. The lowest BCUT2D eigenvalue weighted by atomic mass is 9.56. The number of nitrogens with zero attached hydrogens (tertiary/aromatic N) is 2. The largest absolute Gasteiger partial charge is 0.505 e. The molecule has 2 heterocycles. The molecule has 1 N–H and O–H groups in total. The number of alkyl halides is 2. The number of phenols is 1. The molecule has 4 amide bonds. The van der Waals surface area contributed by atoms with E-state index in [4.69, 9.17) is 34.8 Å². The first-order valence-electron chi connectivity index (χ1n) is 14.1. The zero-order chi connectivity index (χ0) is 32.2. The highest BCUT2D eigenvalue weighted by molar-refractivity contribution is 6.58. The highest BCUT2D eigenvalue weighted by Gasteiger charge is 2.76. The number of rotatable bonds is 3. The molecule has 3 aromatic carbocycles. The molecule has 2 aliphatic carbocycles. The van der Waals surface area contributed by atoms with Gasteiger partial charge in [-0.05, 0) is 85.3 Å². The van der Waals surface area contributed by atoms with Crippen LogP contribution in [0.3, 0.4) is 0 Å². The molecular formula is C33H23Cl3F2N2O5. The number of carbonyl (C=O) groups is 4. The van der Waals surface area contributed by atoms with Crippen LogP contribution in [0.5, 0.6) is 5.75 Å². The number of hydrogen-bond acceptors (Lipinski definition) is 5. The van der Waals surface area contributed by atoms with Crippen molar-refractivity contribution in [1.82, 2.24) is 0 Å². The number of benzene rings is 3. The van der Waals surface area contributed by atoms with E-state index < -0.39 is 74.4 Å². The second-order valence-corrected chi connectivity index (χ2v) is 13.6. The summed E-state index contributed by atoms with van der Waals surface area (Å²) in [5.41, 5.74) is 1.68. The van der Waals surface area contributed by atoms with Gasteiger partial charge in [-0.2, -0.15) is 0 Å². The van der Waals surface area contributed by atoms with Crippen molar-refractivity contribution in [3.63, 3.8) is 0 Å². The van der Waals surface area contributed by atoms with Crippen molar-refractivity contribution < 1.29 is 33.1 Å². The van der Waals surface area contributed by atoms with Gasteiger partial charge in [0.25, 0.3) is 11.8 Å². The maximum atomic E-state index is 14.8. The van der Waals surface area contributed by atoms with Gasteiger partial charge in [0.05, 0.1) is 23.2 Å². The number of halogens is 5. The molecule has 230 valence electrons. The number of anilines is 2. The molecule has 0 radical (unpaired) electrons. The smallest absolute Gasteiger partial charge is 0.258 e. The lowest BCUT2D eigenvalue weighted by molar-refractivity contribution is -0.125. The van der Waals surface area contributed by atoms with Crippen molar-refractivity contribution in [2.75, 3.05) is 9.80 Å². The summed E-state index contributed by atoms with van der Waals surface area (Å²) in [4.78, 5) is 53.9. The molecule has 3 aromatic rings. The maximum absolute atomic E-state index is 14.8. The standard InChI is InChI=1S/C33H23Cl3F2N2O5/c1-15-2-6-19(13-23(15)34)39-28(42)21-10-9-20-22(26(21)29(39)43)14-32(35)30(44)40(18-7-4-17(37)5-8-18)31(45)33(32,36)27(20)16-3-11-25(41)24(38)12-16/h2-9,11-13,21-22,26-27,41H,10,14H2,1H3.